The normalized spacial score (nSPS) is 22.8. The van der Waals surface area contributed by atoms with E-state index in [4.69, 9.17) is 5.73 Å². The van der Waals surface area contributed by atoms with E-state index in [1.165, 1.54) is 11.3 Å². The first-order valence-electron chi connectivity index (χ1n) is 6.48. The van der Waals surface area contributed by atoms with Gasteiger partial charge in [0.15, 0.2) is 0 Å². The molecular weight excluding hydrogens is 282 g/mol. The number of piperazine rings is 1. The number of nitrogens with two attached hydrogens (primary N) is 1. The number of thiophene rings is 1. The molecule has 0 saturated carbocycles. The highest BCUT2D eigenvalue weighted by atomic mass is 32.2. The fourth-order valence-corrected chi connectivity index (χ4v) is 5.35. The van der Waals surface area contributed by atoms with Crippen LogP contribution in [0.3, 0.4) is 0 Å². The zero-order valence-corrected chi connectivity index (χ0v) is 13.0. The summed E-state index contributed by atoms with van der Waals surface area (Å²) in [6, 6.07) is 3.48. The van der Waals surface area contributed by atoms with Crippen LogP contribution >= 0.6 is 11.3 Å². The third-order valence-corrected chi connectivity index (χ3v) is 7.10. The average Bonchev–Trinajstić information content (AvgIpc) is 2.87. The predicted octanol–water partition coefficient (Wildman–Crippen LogP) is 0.574. The number of nitrogens with zero attached hydrogens (tertiary/aromatic N) is 2. The Balaban J connectivity index is 2.27. The van der Waals surface area contributed by atoms with Crippen molar-refractivity contribution in [1.82, 2.24) is 9.21 Å². The largest absolute Gasteiger partial charge is 0.329 e. The van der Waals surface area contributed by atoms with Crippen molar-refractivity contribution < 1.29 is 8.42 Å². The van der Waals surface area contributed by atoms with E-state index in [-0.39, 0.29) is 6.04 Å². The van der Waals surface area contributed by atoms with Crippen molar-refractivity contribution in [3.05, 3.63) is 17.0 Å². The molecule has 2 heterocycles. The van der Waals surface area contributed by atoms with Crippen molar-refractivity contribution >= 4 is 21.4 Å². The lowest BCUT2D eigenvalue weighted by molar-refractivity contribution is 0.164. The van der Waals surface area contributed by atoms with Gasteiger partial charge in [-0.15, -0.1) is 11.3 Å². The van der Waals surface area contributed by atoms with E-state index in [2.05, 4.69) is 4.90 Å². The number of rotatable bonds is 4. The van der Waals surface area contributed by atoms with Crippen LogP contribution in [0.1, 0.15) is 11.8 Å². The van der Waals surface area contributed by atoms with E-state index >= 15 is 0 Å². The van der Waals surface area contributed by atoms with Crippen molar-refractivity contribution in [2.45, 2.75) is 23.6 Å². The molecule has 1 atom stereocenters. The Kier molecular flexibility index (Phi) is 4.62. The van der Waals surface area contributed by atoms with Crippen molar-refractivity contribution in [3.8, 4) is 0 Å². The molecular formula is C12H21N3O2S2. The Hall–Kier alpha value is -0.470. The summed E-state index contributed by atoms with van der Waals surface area (Å²) in [4.78, 5) is 3.21. The molecule has 19 heavy (non-hydrogen) atoms. The van der Waals surface area contributed by atoms with Crippen LogP contribution in [-0.2, 0) is 16.4 Å². The minimum absolute atomic E-state index is 0.129. The number of sulfonamides is 1. The Labute approximate surface area is 119 Å². The number of aryl methyl sites for hydroxylation is 1. The lowest BCUT2D eigenvalue weighted by Gasteiger charge is -2.38. The molecule has 1 aliphatic rings. The quantitative estimate of drug-likeness (QED) is 0.883. The molecule has 0 spiro atoms. The molecule has 1 aromatic rings. The third kappa shape index (κ3) is 3.00. The first-order chi connectivity index (χ1) is 8.98. The summed E-state index contributed by atoms with van der Waals surface area (Å²) < 4.78 is 27.3. The minimum atomic E-state index is -3.39. The van der Waals surface area contributed by atoms with Gasteiger partial charge in [-0.05, 0) is 25.6 Å². The lowest BCUT2D eigenvalue weighted by Crippen LogP contribution is -2.56. The average molecular weight is 303 g/mol. The smallest absolute Gasteiger partial charge is 0.252 e. The Morgan fingerprint density at radius 3 is 2.74 bits per heavy atom. The number of hydrogen-bond acceptors (Lipinski definition) is 5. The van der Waals surface area contributed by atoms with Crippen LogP contribution in [-0.4, -0.2) is 56.9 Å². The van der Waals surface area contributed by atoms with E-state index in [0.717, 1.165) is 17.8 Å². The van der Waals surface area contributed by atoms with E-state index in [0.29, 0.717) is 23.8 Å². The Morgan fingerprint density at radius 2 is 2.16 bits per heavy atom. The third-order valence-electron chi connectivity index (χ3n) is 3.45. The van der Waals surface area contributed by atoms with Crippen molar-refractivity contribution in [2.75, 3.05) is 33.2 Å². The molecule has 0 bridgehead atoms. The van der Waals surface area contributed by atoms with Crippen LogP contribution in [0.4, 0.5) is 0 Å². The summed E-state index contributed by atoms with van der Waals surface area (Å²) in [5.74, 6) is 0. The zero-order chi connectivity index (χ0) is 14.0. The van der Waals surface area contributed by atoms with Crippen LogP contribution in [0.25, 0.3) is 0 Å². The van der Waals surface area contributed by atoms with Gasteiger partial charge in [0.05, 0.1) is 6.04 Å². The molecule has 0 aromatic carbocycles. The monoisotopic (exact) mass is 303 g/mol. The maximum atomic E-state index is 12.7. The van der Waals surface area contributed by atoms with Gasteiger partial charge in [0, 0.05) is 31.1 Å². The second-order valence-electron chi connectivity index (χ2n) is 4.84. The van der Waals surface area contributed by atoms with Crippen LogP contribution in [0.2, 0.25) is 0 Å². The molecule has 108 valence electrons. The van der Waals surface area contributed by atoms with Gasteiger partial charge in [-0.1, -0.05) is 6.92 Å². The predicted molar refractivity (Wildman–Crippen MR) is 77.9 cm³/mol. The Bertz CT molecular complexity index is 527. The Morgan fingerprint density at radius 1 is 1.42 bits per heavy atom. The highest BCUT2D eigenvalue weighted by Crippen LogP contribution is 2.27. The summed E-state index contributed by atoms with van der Waals surface area (Å²) >= 11 is 1.36. The van der Waals surface area contributed by atoms with Crippen LogP contribution in [0, 0.1) is 0 Å². The highest BCUT2D eigenvalue weighted by Gasteiger charge is 2.35. The lowest BCUT2D eigenvalue weighted by atomic mass is 10.2. The van der Waals surface area contributed by atoms with E-state index in [1.807, 2.05) is 20.0 Å². The maximum absolute atomic E-state index is 12.7. The molecule has 0 aliphatic carbocycles. The minimum Gasteiger partial charge on any atom is -0.329 e. The molecule has 0 amide bonds. The van der Waals surface area contributed by atoms with Crippen molar-refractivity contribution in [1.29, 1.82) is 0 Å². The SMILES string of the molecule is CCc1ccc(S(=O)(=O)N2CCN(C)CC2CN)s1. The second-order valence-corrected chi connectivity index (χ2v) is 8.13. The summed E-state index contributed by atoms with van der Waals surface area (Å²) in [7, 11) is -1.40. The van der Waals surface area contributed by atoms with Gasteiger partial charge in [-0.2, -0.15) is 4.31 Å². The topological polar surface area (TPSA) is 66.6 Å². The van der Waals surface area contributed by atoms with Crippen LogP contribution in [0.5, 0.6) is 0 Å². The molecule has 0 radical (unpaired) electrons. The first kappa shape index (κ1) is 14.9. The van der Waals surface area contributed by atoms with Gasteiger partial charge in [-0.25, -0.2) is 8.42 Å². The van der Waals surface area contributed by atoms with Crippen molar-refractivity contribution in [3.63, 3.8) is 0 Å². The van der Waals surface area contributed by atoms with Crippen LogP contribution < -0.4 is 5.73 Å². The van der Waals surface area contributed by atoms with Gasteiger partial charge < -0.3 is 10.6 Å². The summed E-state index contributed by atoms with van der Waals surface area (Å²) in [5.41, 5.74) is 5.73. The van der Waals surface area contributed by atoms with Gasteiger partial charge in [0.1, 0.15) is 4.21 Å². The highest BCUT2D eigenvalue weighted by molar-refractivity contribution is 7.91. The van der Waals surface area contributed by atoms with E-state index < -0.39 is 10.0 Å². The molecule has 5 nitrogen and oxygen atoms in total. The van der Waals surface area contributed by atoms with Crippen molar-refractivity contribution in [2.24, 2.45) is 5.73 Å². The van der Waals surface area contributed by atoms with Gasteiger partial charge in [0.25, 0.3) is 10.0 Å². The fraction of sp³-hybridized carbons (Fsp3) is 0.667. The summed E-state index contributed by atoms with van der Waals surface area (Å²) in [6.07, 6.45) is 0.864. The summed E-state index contributed by atoms with van der Waals surface area (Å²) in [5, 5.41) is 0. The molecule has 2 rings (SSSR count). The zero-order valence-electron chi connectivity index (χ0n) is 11.4. The standard InChI is InChI=1S/C12H21N3O2S2/c1-3-11-4-5-12(18-11)19(16,17)15-7-6-14(2)9-10(15)8-13/h4-5,10H,3,6-9,13H2,1-2H3. The fourth-order valence-electron chi connectivity index (χ4n) is 2.30. The van der Waals surface area contributed by atoms with E-state index in [9.17, 15) is 8.42 Å². The molecule has 1 aliphatic heterocycles. The molecule has 1 fully saturated rings. The molecule has 1 saturated heterocycles. The van der Waals surface area contributed by atoms with Gasteiger partial charge in [-0.3, -0.25) is 0 Å². The first-order valence-corrected chi connectivity index (χ1v) is 8.74. The second kappa shape index (κ2) is 5.88. The van der Waals surface area contributed by atoms with Gasteiger partial charge >= 0.3 is 0 Å². The maximum Gasteiger partial charge on any atom is 0.252 e. The molecule has 1 aromatic heterocycles. The van der Waals surface area contributed by atoms with E-state index in [1.54, 1.807) is 10.4 Å². The molecule has 1 unspecified atom stereocenters. The van der Waals surface area contributed by atoms with Gasteiger partial charge in [0.2, 0.25) is 0 Å². The number of hydrogen-bond donors (Lipinski definition) is 1. The molecule has 2 N–H and O–H groups in total. The molecule has 7 heteroatoms. The summed E-state index contributed by atoms with van der Waals surface area (Å²) in [6.45, 7) is 4.35. The van der Waals surface area contributed by atoms with Crippen LogP contribution in [0.15, 0.2) is 16.3 Å². The number of likely N-dealkylation sites (N-methyl/N-ethyl adjacent to an activating group) is 1.